The maximum atomic E-state index is 11.5. The summed E-state index contributed by atoms with van der Waals surface area (Å²) < 4.78 is 6.02. The van der Waals surface area contributed by atoms with E-state index in [0.29, 0.717) is 18.1 Å². The fourth-order valence-electron chi connectivity index (χ4n) is 2.91. The zero-order chi connectivity index (χ0) is 16.9. The third-order valence-corrected chi connectivity index (χ3v) is 4.22. The molecule has 1 saturated heterocycles. The van der Waals surface area contributed by atoms with Crippen molar-refractivity contribution in [3.8, 4) is 0 Å². The number of aryl methyl sites for hydroxylation is 1. The van der Waals surface area contributed by atoms with E-state index in [1.54, 1.807) is 12.4 Å². The number of hydrogen-bond donors (Lipinski definition) is 0. The number of piperidine rings is 1. The third-order valence-electron chi connectivity index (χ3n) is 4.22. The molecule has 6 nitrogen and oxygen atoms in total. The van der Waals surface area contributed by atoms with Crippen molar-refractivity contribution in [3.63, 3.8) is 0 Å². The molecule has 1 aliphatic rings. The molecular formula is C18H22N4O2. The Morgan fingerprint density at radius 3 is 3.00 bits per heavy atom. The maximum Gasteiger partial charge on any atom is 0.225 e. The van der Waals surface area contributed by atoms with E-state index >= 15 is 0 Å². The number of hydrogen-bond acceptors (Lipinski definition) is 6. The highest BCUT2D eigenvalue weighted by atomic mass is 16.5. The van der Waals surface area contributed by atoms with Crippen LogP contribution in [0.1, 0.15) is 41.4 Å². The van der Waals surface area contributed by atoms with E-state index in [0.717, 1.165) is 37.2 Å². The summed E-state index contributed by atoms with van der Waals surface area (Å²) in [5.74, 6) is 0.669. The summed E-state index contributed by atoms with van der Waals surface area (Å²) >= 11 is 0. The SMILES string of the molecule is CC(=O)c1cnc(N2CCC[C@H](OCc3cccnc3)C2)nc1C. The number of aromatic nitrogens is 3. The van der Waals surface area contributed by atoms with Gasteiger partial charge in [-0.15, -0.1) is 0 Å². The molecule has 0 unspecified atom stereocenters. The van der Waals surface area contributed by atoms with E-state index < -0.39 is 0 Å². The molecule has 0 saturated carbocycles. The molecule has 1 fully saturated rings. The van der Waals surface area contributed by atoms with Gasteiger partial charge in [-0.3, -0.25) is 9.78 Å². The zero-order valence-corrected chi connectivity index (χ0v) is 14.1. The highest BCUT2D eigenvalue weighted by molar-refractivity contribution is 5.94. The van der Waals surface area contributed by atoms with Crippen LogP contribution in [0.2, 0.25) is 0 Å². The average molecular weight is 326 g/mol. The maximum absolute atomic E-state index is 11.5. The molecule has 0 bridgehead atoms. The molecule has 0 aliphatic carbocycles. The Kier molecular flexibility index (Phi) is 5.15. The van der Waals surface area contributed by atoms with Crippen LogP contribution in [-0.4, -0.2) is 39.9 Å². The van der Waals surface area contributed by atoms with Gasteiger partial charge in [0.05, 0.1) is 24.0 Å². The highest BCUT2D eigenvalue weighted by Crippen LogP contribution is 2.20. The molecular weight excluding hydrogens is 304 g/mol. The zero-order valence-electron chi connectivity index (χ0n) is 14.1. The van der Waals surface area contributed by atoms with E-state index in [1.807, 2.05) is 25.3 Å². The molecule has 1 atom stereocenters. The van der Waals surface area contributed by atoms with E-state index in [2.05, 4.69) is 19.9 Å². The lowest BCUT2D eigenvalue weighted by Crippen LogP contribution is -2.40. The third kappa shape index (κ3) is 3.94. The van der Waals surface area contributed by atoms with Crippen molar-refractivity contribution in [1.29, 1.82) is 0 Å². The number of carbonyl (C=O) groups is 1. The fraction of sp³-hybridized carbons (Fsp3) is 0.444. The van der Waals surface area contributed by atoms with Gasteiger partial charge in [-0.2, -0.15) is 0 Å². The summed E-state index contributed by atoms with van der Waals surface area (Å²) in [6.07, 6.45) is 7.43. The van der Waals surface area contributed by atoms with E-state index in [9.17, 15) is 4.79 Å². The molecule has 0 spiro atoms. The van der Waals surface area contributed by atoms with Crippen molar-refractivity contribution in [2.24, 2.45) is 0 Å². The minimum atomic E-state index is -0.00428. The highest BCUT2D eigenvalue weighted by Gasteiger charge is 2.23. The largest absolute Gasteiger partial charge is 0.372 e. The van der Waals surface area contributed by atoms with Gasteiger partial charge in [0.2, 0.25) is 5.95 Å². The Morgan fingerprint density at radius 2 is 2.29 bits per heavy atom. The van der Waals surface area contributed by atoms with Gasteiger partial charge in [0.25, 0.3) is 0 Å². The van der Waals surface area contributed by atoms with Crippen molar-refractivity contribution in [2.45, 2.75) is 39.4 Å². The molecule has 3 heterocycles. The lowest BCUT2D eigenvalue weighted by molar-refractivity contribution is 0.0311. The number of pyridine rings is 1. The molecule has 3 rings (SSSR count). The normalized spacial score (nSPS) is 17.8. The van der Waals surface area contributed by atoms with Crippen LogP contribution in [0, 0.1) is 6.92 Å². The number of ether oxygens (including phenoxy) is 1. The Bertz CT molecular complexity index is 705. The van der Waals surface area contributed by atoms with Gasteiger partial charge in [-0.05, 0) is 38.3 Å². The van der Waals surface area contributed by atoms with Gasteiger partial charge in [0.15, 0.2) is 5.78 Å². The molecule has 126 valence electrons. The van der Waals surface area contributed by atoms with Crippen LogP contribution in [0.25, 0.3) is 0 Å². The summed E-state index contributed by atoms with van der Waals surface area (Å²) in [5, 5.41) is 0. The molecule has 2 aromatic rings. The van der Waals surface area contributed by atoms with Gasteiger partial charge in [-0.25, -0.2) is 9.97 Å². The molecule has 2 aromatic heterocycles. The Morgan fingerprint density at radius 1 is 1.42 bits per heavy atom. The Labute approximate surface area is 141 Å². The molecule has 0 radical (unpaired) electrons. The molecule has 24 heavy (non-hydrogen) atoms. The van der Waals surface area contributed by atoms with Gasteiger partial charge in [0.1, 0.15) is 0 Å². The van der Waals surface area contributed by atoms with E-state index in [1.165, 1.54) is 6.92 Å². The smallest absolute Gasteiger partial charge is 0.225 e. The minimum Gasteiger partial charge on any atom is -0.372 e. The van der Waals surface area contributed by atoms with Crippen LogP contribution in [0.15, 0.2) is 30.7 Å². The van der Waals surface area contributed by atoms with Gasteiger partial charge in [0, 0.05) is 31.7 Å². The van der Waals surface area contributed by atoms with Crippen LogP contribution in [0.5, 0.6) is 0 Å². The number of rotatable bonds is 5. The summed E-state index contributed by atoms with van der Waals surface area (Å²) in [6.45, 7) is 5.62. The summed E-state index contributed by atoms with van der Waals surface area (Å²) in [5.41, 5.74) is 2.39. The van der Waals surface area contributed by atoms with E-state index in [4.69, 9.17) is 4.74 Å². The number of anilines is 1. The minimum absolute atomic E-state index is 0.00428. The molecule has 6 heteroatoms. The van der Waals surface area contributed by atoms with E-state index in [-0.39, 0.29) is 11.9 Å². The first-order valence-corrected chi connectivity index (χ1v) is 8.23. The summed E-state index contributed by atoms with van der Waals surface area (Å²) in [7, 11) is 0. The molecule has 0 amide bonds. The predicted octanol–water partition coefficient (Wildman–Crippen LogP) is 2.57. The van der Waals surface area contributed by atoms with Crippen LogP contribution < -0.4 is 4.90 Å². The van der Waals surface area contributed by atoms with Crippen molar-refractivity contribution in [1.82, 2.24) is 15.0 Å². The first-order chi connectivity index (χ1) is 11.6. The molecule has 0 aromatic carbocycles. The summed E-state index contributed by atoms with van der Waals surface area (Å²) in [4.78, 5) is 26.6. The number of nitrogens with zero attached hydrogens (tertiary/aromatic N) is 4. The van der Waals surface area contributed by atoms with Crippen molar-refractivity contribution in [3.05, 3.63) is 47.5 Å². The number of ketones is 1. The Balaban J connectivity index is 1.63. The van der Waals surface area contributed by atoms with Crippen LogP contribution >= 0.6 is 0 Å². The second-order valence-electron chi connectivity index (χ2n) is 6.11. The van der Waals surface area contributed by atoms with Crippen molar-refractivity contribution in [2.75, 3.05) is 18.0 Å². The second kappa shape index (κ2) is 7.49. The molecule has 0 N–H and O–H groups in total. The average Bonchev–Trinajstić information content (AvgIpc) is 2.61. The monoisotopic (exact) mass is 326 g/mol. The lowest BCUT2D eigenvalue weighted by atomic mass is 10.1. The summed E-state index contributed by atoms with van der Waals surface area (Å²) in [6, 6.07) is 3.93. The standard InChI is InChI=1S/C18H22N4O2/c1-13-17(14(2)23)10-20-18(21-13)22-8-4-6-16(11-22)24-12-15-5-3-7-19-9-15/h3,5,7,9-10,16H,4,6,8,11-12H2,1-2H3/t16-/m0/s1. The first kappa shape index (κ1) is 16.5. The number of Topliss-reactive ketones (excluding diaryl/α,β-unsaturated/α-hetero) is 1. The fourth-order valence-corrected chi connectivity index (χ4v) is 2.91. The number of carbonyl (C=O) groups excluding carboxylic acids is 1. The first-order valence-electron chi connectivity index (χ1n) is 8.23. The second-order valence-corrected chi connectivity index (χ2v) is 6.11. The Hall–Kier alpha value is -2.34. The van der Waals surface area contributed by atoms with Crippen LogP contribution in [-0.2, 0) is 11.3 Å². The van der Waals surface area contributed by atoms with Crippen molar-refractivity contribution >= 4 is 11.7 Å². The lowest BCUT2D eigenvalue weighted by Gasteiger charge is -2.32. The van der Waals surface area contributed by atoms with Crippen LogP contribution in [0.3, 0.4) is 0 Å². The van der Waals surface area contributed by atoms with Gasteiger partial charge in [-0.1, -0.05) is 6.07 Å². The quantitative estimate of drug-likeness (QED) is 0.787. The van der Waals surface area contributed by atoms with Gasteiger partial charge < -0.3 is 9.64 Å². The predicted molar refractivity (Wildman–Crippen MR) is 91.0 cm³/mol. The topological polar surface area (TPSA) is 68.2 Å². The van der Waals surface area contributed by atoms with Crippen molar-refractivity contribution < 1.29 is 9.53 Å². The van der Waals surface area contributed by atoms with Crippen LogP contribution in [0.4, 0.5) is 5.95 Å². The molecule has 1 aliphatic heterocycles. The van der Waals surface area contributed by atoms with Gasteiger partial charge >= 0.3 is 0 Å².